The zero-order chi connectivity index (χ0) is 13.0. The fraction of sp³-hybridized carbons (Fsp3) is 0.500. The Balaban J connectivity index is 2.12. The summed E-state index contributed by atoms with van der Waals surface area (Å²) in [5.41, 5.74) is 3.56. The molecule has 0 aliphatic carbocycles. The van der Waals surface area contributed by atoms with Gasteiger partial charge in [0.2, 0.25) is 5.91 Å². The Hall–Kier alpha value is -1.00. The van der Waals surface area contributed by atoms with Gasteiger partial charge >= 0.3 is 0 Å². The molecular formula is C14H20N2OS. The monoisotopic (exact) mass is 264 g/mol. The predicted octanol–water partition coefficient (Wildman–Crippen LogP) is 2.27. The number of amides is 1. The third kappa shape index (κ3) is 3.06. The number of benzene rings is 1. The molecule has 1 atom stereocenters. The van der Waals surface area contributed by atoms with Gasteiger partial charge in [0.05, 0.1) is 0 Å². The van der Waals surface area contributed by atoms with Crippen LogP contribution < -0.4 is 10.6 Å². The summed E-state index contributed by atoms with van der Waals surface area (Å²) in [5.74, 6) is 1.02. The summed E-state index contributed by atoms with van der Waals surface area (Å²) in [6.07, 6.45) is 3.07. The minimum atomic E-state index is 0.0485. The third-order valence-corrected chi connectivity index (χ3v) is 4.10. The van der Waals surface area contributed by atoms with Crippen LogP contribution in [0, 0.1) is 5.92 Å². The van der Waals surface area contributed by atoms with Crippen molar-refractivity contribution in [2.24, 2.45) is 5.92 Å². The Morgan fingerprint density at radius 3 is 3.17 bits per heavy atom. The first kappa shape index (κ1) is 13.4. The van der Waals surface area contributed by atoms with Crippen LogP contribution >= 0.6 is 11.8 Å². The van der Waals surface area contributed by atoms with Gasteiger partial charge in [0.15, 0.2) is 0 Å². The summed E-state index contributed by atoms with van der Waals surface area (Å²) in [4.78, 5) is 12.0. The van der Waals surface area contributed by atoms with Gasteiger partial charge in [-0.15, -0.1) is 0 Å². The lowest BCUT2D eigenvalue weighted by atomic mass is 9.99. The van der Waals surface area contributed by atoms with E-state index < -0.39 is 0 Å². The molecule has 0 radical (unpaired) electrons. The number of fused-ring (bicyclic) bond motifs is 1. The minimum Gasteiger partial charge on any atom is -0.326 e. The van der Waals surface area contributed by atoms with Gasteiger partial charge in [0.25, 0.3) is 0 Å². The Morgan fingerprint density at radius 1 is 1.56 bits per heavy atom. The summed E-state index contributed by atoms with van der Waals surface area (Å²) in [7, 11) is 0. The van der Waals surface area contributed by atoms with E-state index >= 15 is 0 Å². The normalized spacial score (nSPS) is 15.9. The van der Waals surface area contributed by atoms with E-state index in [0.29, 0.717) is 0 Å². The van der Waals surface area contributed by atoms with Crippen LogP contribution in [0.4, 0.5) is 5.69 Å². The largest absolute Gasteiger partial charge is 0.326 e. The molecule has 0 spiro atoms. The molecule has 0 aromatic heterocycles. The highest BCUT2D eigenvalue weighted by atomic mass is 32.2. The first-order valence-corrected chi connectivity index (χ1v) is 7.73. The van der Waals surface area contributed by atoms with Gasteiger partial charge in [-0.1, -0.05) is 19.1 Å². The van der Waals surface area contributed by atoms with Crippen molar-refractivity contribution in [2.75, 3.05) is 23.9 Å². The molecule has 3 nitrogen and oxygen atoms in total. The number of hydrogen-bond donors (Lipinski definition) is 2. The topological polar surface area (TPSA) is 41.1 Å². The molecule has 0 saturated carbocycles. The molecule has 18 heavy (non-hydrogen) atoms. The number of anilines is 1. The fourth-order valence-corrected chi connectivity index (χ4v) is 2.86. The molecule has 1 aliphatic rings. The van der Waals surface area contributed by atoms with E-state index in [9.17, 15) is 4.79 Å². The zero-order valence-electron chi connectivity index (χ0n) is 11.0. The number of carbonyl (C=O) groups excluding carboxylic acids is 1. The zero-order valence-corrected chi connectivity index (χ0v) is 11.8. The van der Waals surface area contributed by atoms with Crippen LogP contribution in [-0.2, 0) is 17.8 Å². The van der Waals surface area contributed by atoms with Crippen LogP contribution in [0.3, 0.4) is 0 Å². The van der Waals surface area contributed by atoms with Crippen LogP contribution in [0.25, 0.3) is 0 Å². The predicted molar refractivity (Wildman–Crippen MR) is 78.0 cm³/mol. The van der Waals surface area contributed by atoms with Crippen LogP contribution in [-0.4, -0.2) is 24.5 Å². The molecule has 2 N–H and O–H groups in total. The number of nitrogens with one attached hydrogen (secondary N) is 2. The van der Waals surface area contributed by atoms with Crippen LogP contribution in [0.15, 0.2) is 18.2 Å². The van der Waals surface area contributed by atoms with E-state index in [1.807, 2.05) is 25.3 Å². The van der Waals surface area contributed by atoms with Gasteiger partial charge in [-0.3, -0.25) is 4.79 Å². The molecule has 1 aromatic carbocycles. The van der Waals surface area contributed by atoms with Crippen molar-refractivity contribution in [3.63, 3.8) is 0 Å². The second-order valence-electron chi connectivity index (χ2n) is 4.72. The van der Waals surface area contributed by atoms with Gasteiger partial charge in [-0.2, -0.15) is 11.8 Å². The van der Waals surface area contributed by atoms with E-state index in [1.54, 1.807) is 11.8 Å². The first-order valence-electron chi connectivity index (χ1n) is 6.33. The summed E-state index contributed by atoms with van der Waals surface area (Å²) in [6.45, 7) is 3.84. The van der Waals surface area contributed by atoms with Gasteiger partial charge in [-0.25, -0.2) is 0 Å². The maximum Gasteiger partial charge on any atom is 0.228 e. The highest BCUT2D eigenvalue weighted by Crippen LogP contribution is 2.23. The van der Waals surface area contributed by atoms with E-state index in [4.69, 9.17) is 0 Å². The Kier molecular flexibility index (Phi) is 4.66. The molecule has 98 valence electrons. The average Bonchev–Trinajstić information content (AvgIpc) is 2.39. The van der Waals surface area contributed by atoms with Crippen molar-refractivity contribution >= 4 is 23.4 Å². The molecule has 2 rings (SSSR count). The number of hydrogen-bond acceptors (Lipinski definition) is 3. The van der Waals surface area contributed by atoms with Crippen molar-refractivity contribution in [1.82, 2.24) is 5.32 Å². The second kappa shape index (κ2) is 6.25. The maximum absolute atomic E-state index is 12.0. The van der Waals surface area contributed by atoms with Crippen molar-refractivity contribution in [3.8, 4) is 0 Å². The first-order chi connectivity index (χ1) is 8.72. The van der Waals surface area contributed by atoms with Gasteiger partial charge in [0, 0.05) is 23.9 Å². The van der Waals surface area contributed by atoms with Crippen molar-refractivity contribution in [1.29, 1.82) is 0 Å². The maximum atomic E-state index is 12.0. The highest BCUT2D eigenvalue weighted by molar-refractivity contribution is 7.98. The minimum absolute atomic E-state index is 0.0485. The van der Waals surface area contributed by atoms with Gasteiger partial charge < -0.3 is 10.6 Å². The van der Waals surface area contributed by atoms with Crippen molar-refractivity contribution in [2.45, 2.75) is 19.9 Å². The van der Waals surface area contributed by atoms with Crippen molar-refractivity contribution < 1.29 is 4.79 Å². The standard InChI is InChI=1S/C14H20N2OS/c1-10(9-18-2)14(17)16-13-5-3-4-11-6-7-15-8-12(11)13/h3-5,10,15H,6-9H2,1-2H3,(H,16,17). The lowest BCUT2D eigenvalue weighted by molar-refractivity contribution is -0.118. The molecule has 0 fully saturated rings. The molecule has 0 saturated heterocycles. The molecule has 4 heteroatoms. The molecule has 1 heterocycles. The van der Waals surface area contributed by atoms with Gasteiger partial charge in [0.1, 0.15) is 0 Å². The Bertz CT molecular complexity index is 434. The molecule has 1 aromatic rings. The Morgan fingerprint density at radius 2 is 2.39 bits per heavy atom. The van der Waals surface area contributed by atoms with Gasteiger partial charge in [-0.05, 0) is 36.4 Å². The lowest BCUT2D eigenvalue weighted by Gasteiger charge is -2.21. The van der Waals surface area contributed by atoms with Crippen molar-refractivity contribution in [3.05, 3.63) is 29.3 Å². The van der Waals surface area contributed by atoms with E-state index in [0.717, 1.165) is 31.0 Å². The third-order valence-electron chi connectivity index (χ3n) is 3.27. The SMILES string of the molecule is CSCC(C)C(=O)Nc1cccc2c1CNCC2. The fourth-order valence-electron chi connectivity index (χ4n) is 2.21. The number of carbonyl (C=O) groups is 1. The molecule has 1 aliphatic heterocycles. The summed E-state index contributed by atoms with van der Waals surface area (Å²) in [6, 6.07) is 6.17. The number of rotatable bonds is 4. The quantitative estimate of drug-likeness (QED) is 0.876. The highest BCUT2D eigenvalue weighted by Gasteiger charge is 2.17. The molecule has 1 unspecified atom stereocenters. The lowest BCUT2D eigenvalue weighted by Crippen LogP contribution is -2.27. The van der Waals surface area contributed by atoms with Crippen LogP contribution in [0.5, 0.6) is 0 Å². The molecule has 1 amide bonds. The summed E-state index contributed by atoms with van der Waals surface area (Å²) >= 11 is 1.70. The summed E-state index contributed by atoms with van der Waals surface area (Å²) in [5, 5.41) is 6.42. The van der Waals surface area contributed by atoms with Crippen LogP contribution in [0.1, 0.15) is 18.1 Å². The summed E-state index contributed by atoms with van der Waals surface area (Å²) < 4.78 is 0. The number of thioether (sulfide) groups is 1. The molecule has 0 bridgehead atoms. The Labute approximate surface area is 113 Å². The van der Waals surface area contributed by atoms with E-state index in [1.165, 1.54) is 11.1 Å². The van der Waals surface area contributed by atoms with Crippen LogP contribution in [0.2, 0.25) is 0 Å². The van der Waals surface area contributed by atoms with E-state index in [-0.39, 0.29) is 11.8 Å². The molecular weight excluding hydrogens is 244 g/mol. The second-order valence-corrected chi connectivity index (χ2v) is 5.63. The average molecular weight is 264 g/mol. The smallest absolute Gasteiger partial charge is 0.228 e. The van der Waals surface area contributed by atoms with E-state index in [2.05, 4.69) is 16.7 Å².